The lowest BCUT2D eigenvalue weighted by atomic mass is 10.2. The number of halogens is 2. The van der Waals surface area contributed by atoms with Crippen molar-refractivity contribution in [1.82, 2.24) is 0 Å². The van der Waals surface area contributed by atoms with Gasteiger partial charge >= 0.3 is 14.7 Å². The number of hydrogen-bond acceptors (Lipinski definition) is 1. The van der Waals surface area contributed by atoms with Crippen molar-refractivity contribution in [3.8, 4) is 0 Å². The van der Waals surface area contributed by atoms with Crippen LogP contribution in [0.2, 0.25) is 6.04 Å². The number of hydrogen-bond donors (Lipinski definition) is 1. The van der Waals surface area contributed by atoms with Gasteiger partial charge in [0.15, 0.2) is 0 Å². The van der Waals surface area contributed by atoms with E-state index in [2.05, 4.69) is 0 Å². The summed E-state index contributed by atoms with van der Waals surface area (Å²) in [5.41, 5.74) is -0.0804. The minimum atomic E-state index is -4.39. The molecule has 0 aromatic heterocycles. The quantitative estimate of drug-likeness (QED) is 0.619. The highest BCUT2D eigenvalue weighted by molar-refractivity contribution is 6.79. The monoisotopic (exact) mass is 216 g/mol. The molecule has 0 amide bonds. The van der Waals surface area contributed by atoms with E-state index >= 15 is 0 Å². The summed E-state index contributed by atoms with van der Waals surface area (Å²) in [6.07, 6.45) is 0. The van der Waals surface area contributed by atoms with E-state index in [1.54, 1.807) is 0 Å². The zero-order valence-electron chi connectivity index (χ0n) is 7.63. The molecule has 0 fully saturated rings. The highest BCUT2D eigenvalue weighted by Gasteiger charge is 2.35. The summed E-state index contributed by atoms with van der Waals surface area (Å²) in [5, 5.41) is 8.51. The fraction of sp³-hybridized carbons (Fsp3) is 0.222. The Bertz CT molecular complexity index is 352. The second kappa shape index (κ2) is 3.87. The molecule has 0 saturated carbocycles. The van der Waals surface area contributed by atoms with Gasteiger partial charge in [-0.2, -0.15) is 0 Å². The zero-order valence-corrected chi connectivity index (χ0v) is 8.63. The van der Waals surface area contributed by atoms with Crippen molar-refractivity contribution in [2.45, 2.75) is 13.0 Å². The number of benzene rings is 1. The van der Waals surface area contributed by atoms with Crippen LogP contribution in [0.3, 0.4) is 0 Å². The predicted octanol–water partition coefficient (Wildman–Crippen LogP) is 1.99. The first-order valence-corrected chi connectivity index (χ1v) is 6.15. The third kappa shape index (κ3) is 2.17. The number of carboxylic acids is 1. The Morgan fingerprint density at radius 3 is 2.64 bits per heavy atom. The molecule has 0 aliphatic heterocycles. The average Bonchev–Trinajstić information content (AvgIpc) is 2.18. The summed E-state index contributed by atoms with van der Waals surface area (Å²) in [7, 11) is -4.39. The molecule has 5 heteroatoms. The van der Waals surface area contributed by atoms with Gasteiger partial charge in [-0.3, -0.25) is 8.22 Å². The van der Waals surface area contributed by atoms with Crippen LogP contribution in [-0.2, 0) is 0 Å². The van der Waals surface area contributed by atoms with Gasteiger partial charge in [-0.05, 0) is 18.2 Å². The number of aromatic carboxylic acids is 1. The van der Waals surface area contributed by atoms with Gasteiger partial charge < -0.3 is 5.11 Å². The molecule has 1 aromatic rings. The Kier molecular flexibility index (Phi) is 3.00. The Labute approximate surface area is 81.5 Å². The second-order valence-electron chi connectivity index (χ2n) is 2.94. The molecule has 1 aromatic carbocycles. The Morgan fingerprint density at radius 1 is 1.50 bits per heavy atom. The van der Waals surface area contributed by atoms with Crippen molar-refractivity contribution in [3.63, 3.8) is 0 Å². The van der Waals surface area contributed by atoms with Gasteiger partial charge in [0, 0.05) is 5.19 Å². The van der Waals surface area contributed by atoms with Gasteiger partial charge in [0.25, 0.3) is 0 Å². The molecular formula is C9H10F2O2Si. The van der Waals surface area contributed by atoms with Crippen LogP contribution in [0.4, 0.5) is 8.22 Å². The van der Waals surface area contributed by atoms with E-state index in [-0.39, 0.29) is 16.8 Å². The average molecular weight is 216 g/mol. The Morgan fingerprint density at radius 2 is 2.14 bits per heavy atom. The van der Waals surface area contributed by atoms with Gasteiger partial charge in [0.1, 0.15) is 0 Å². The summed E-state index contributed by atoms with van der Waals surface area (Å²) in [4.78, 5) is 10.5. The number of rotatable bonds is 3. The molecular weight excluding hydrogens is 206 g/mol. The third-order valence-corrected chi connectivity index (χ3v) is 4.02. The zero-order chi connectivity index (χ0) is 10.8. The highest BCUT2D eigenvalue weighted by atomic mass is 28.4. The molecule has 0 aliphatic rings. The normalized spacial score (nSPS) is 11.4. The molecule has 0 bridgehead atoms. The molecule has 0 heterocycles. The van der Waals surface area contributed by atoms with Crippen molar-refractivity contribution in [3.05, 3.63) is 29.8 Å². The van der Waals surface area contributed by atoms with Gasteiger partial charge in [-0.25, -0.2) is 4.79 Å². The summed E-state index contributed by atoms with van der Waals surface area (Å²) in [5.74, 6) is -1.17. The van der Waals surface area contributed by atoms with Crippen LogP contribution in [0.15, 0.2) is 24.3 Å². The summed E-state index contributed by atoms with van der Waals surface area (Å²) < 4.78 is 26.5. The Balaban J connectivity index is 3.12. The van der Waals surface area contributed by atoms with E-state index in [4.69, 9.17) is 5.11 Å². The minimum Gasteiger partial charge on any atom is -0.478 e. The number of carboxylic acid groups (broad SMARTS) is 1. The first-order valence-electron chi connectivity index (χ1n) is 4.19. The maximum atomic E-state index is 13.3. The van der Waals surface area contributed by atoms with Crippen LogP contribution in [0.5, 0.6) is 0 Å². The van der Waals surface area contributed by atoms with Gasteiger partial charge in [-0.1, -0.05) is 19.1 Å². The summed E-state index contributed by atoms with van der Waals surface area (Å²) in [6, 6.07) is 4.83. The lowest BCUT2D eigenvalue weighted by Crippen LogP contribution is -2.38. The Hall–Kier alpha value is -1.23. The van der Waals surface area contributed by atoms with E-state index in [1.807, 2.05) is 0 Å². The second-order valence-corrected chi connectivity index (χ2v) is 5.64. The first-order chi connectivity index (χ1) is 6.47. The molecule has 0 atom stereocenters. The fourth-order valence-corrected chi connectivity index (χ4v) is 2.20. The third-order valence-electron chi connectivity index (χ3n) is 1.98. The van der Waals surface area contributed by atoms with Crippen molar-refractivity contribution < 1.29 is 18.1 Å². The molecule has 1 rings (SSSR count). The molecule has 0 unspecified atom stereocenters. The van der Waals surface area contributed by atoms with E-state index in [9.17, 15) is 13.0 Å². The minimum absolute atomic E-state index is 0.0804. The summed E-state index contributed by atoms with van der Waals surface area (Å²) >= 11 is 0. The van der Waals surface area contributed by atoms with Crippen LogP contribution in [0.1, 0.15) is 17.3 Å². The van der Waals surface area contributed by atoms with Crippen molar-refractivity contribution in [2.24, 2.45) is 0 Å². The molecule has 0 radical (unpaired) electrons. The molecule has 76 valence electrons. The van der Waals surface area contributed by atoms with Crippen LogP contribution in [0, 0.1) is 0 Å². The van der Waals surface area contributed by atoms with E-state index in [0.29, 0.717) is 0 Å². The molecule has 0 spiro atoms. The SMILES string of the molecule is CC[Si](F)(F)c1cccc(C(=O)O)c1. The number of carbonyl (C=O) groups is 1. The van der Waals surface area contributed by atoms with Crippen LogP contribution in [0.25, 0.3) is 0 Å². The molecule has 1 N–H and O–H groups in total. The molecule has 0 aliphatic carbocycles. The maximum absolute atomic E-state index is 13.3. The van der Waals surface area contributed by atoms with E-state index < -0.39 is 14.7 Å². The van der Waals surface area contributed by atoms with E-state index in [1.165, 1.54) is 25.1 Å². The highest BCUT2D eigenvalue weighted by Crippen LogP contribution is 2.13. The topological polar surface area (TPSA) is 37.3 Å². The summed E-state index contributed by atoms with van der Waals surface area (Å²) in [6.45, 7) is 1.42. The molecule has 2 nitrogen and oxygen atoms in total. The maximum Gasteiger partial charge on any atom is 0.455 e. The first kappa shape index (κ1) is 10.8. The lowest BCUT2D eigenvalue weighted by molar-refractivity contribution is 0.0697. The van der Waals surface area contributed by atoms with Crippen molar-refractivity contribution in [1.29, 1.82) is 0 Å². The van der Waals surface area contributed by atoms with Gasteiger partial charge in [0.2, 0.25) is 0 Å². The lowest BCUT2D eigenvalue weighted by Gasteiger charge is -2.10. The van der Waals surface area contributed by atoms with Crippen LogP contribution >= 0.6 is 0 Å². The van der Waals surface area contributed by atoms with Crippen LogP contribution < -0.4 is 5.19 Å². The van der Waals surface area contributed by atoms with Gasteiger partial charge in [0.05, 0.1) is 5.56 Å². The largest absolute Gasteiger partial charge is 0.478 e. The van der Waals surface area contributed by atoms with Crippen LogP contribution in [-0.4, -0.2) is 19.8 Å². The van der Waals surface area contributed by atoms with E-state index in [0.717, 1.165) is 6.07 Å². The van der Waals surface area contributed by atoms with Crippen molar-refractivity contribution >= 4 is 19.9 Å². The fourth-order valence-electron chi connectivity index (χ4n) is 1.08. The predicted molar refractivity (Wildman–Crippen MR) is 51.5 cm³/mol. The van der Waals surface area contributed by atoms with Crippen molar-refractivity contribution in [2.75, 3.05) is 0 Å². The standard InChI is InChI=1S/C9H10F2O2Si/c1-2-14(10,11)8-5-3-4-7(6-8)9(12)13/h3-6H,2H2,1H3,(H,12,13). The van der Waals surface area contributed by atoms with Gasteiger partial charge in [-0.15, -0.1) is 0 Å². The molecule has 0 saturated heterocycles. The smallest absolute Gasteiger partial charge is 0.455 e. The molecule has 14 heavy (non-hydrogen) atoms.